The first-order valence-electron chi connectivity index (χ1n) is 6.40. The lowest BCUT2D eigenvalue weighted by Crippen LogP contribution is -2.13. The van der Waals surface area contributed by atoms with Crippen LogP contribution in [-0.2, 0) is 10.0 Å². The SMILES string of the molecule is Cc1ccc(NC(=O)c2ccc(NS(C)(=O)=O)c(Cl)c2)cc1. The summed E-state index contributed by atoms with van der Waals surface area (Å²) in [5.41, 5.74) is 2.34. The van der Waals surface area contributed by atoms with Gasteiger partial charge in [-0.25, -0.2) is 8.42 Å². The highest BCUT2D eigenvalue weighted by molar-refractivity contribution is 7.92. The molecule has 0 bridgehead atoms. The molecule has 0 saturated carbocycles. The van der Waals surface area contributed by atoms with Crippen molar-refractivity contribution in [2.24, 2.45) is 0 Å². The average Bonchev–Trinajstić information content (AvgIpc) is 2.42. The third-order valence-corrected chi connectivity index (χ3v) is 3.74. The van der Waals surface area contributed by atoms with E-state index in [1.54, 1.807) is 12.1 Å². The van der Waals surface area contributed by atoms with Crippen molar-refractivity contribution in [1.29, 1.82) is 0 Å². The molecule has 22 heavy (non-hydrogen) atoms. The number of aryl methyl sites for hydroxylation is 1. The Morgan fingerprint density at radius 1 is 1.09 bits per heavy atom. The molecule has 2 rings (SSSR count). The second-order valence-electron chi connectivity index (χ2n) is 4.89. The van der Waals surface area contributed by atoms with Crippen molar-refractivity contribution in [3.05, 3.63) is 58.6 Å². The molecule has 7 heteroatoms. The normalized spacial score (nSPS) is 11.0. The fourth-order valence-corrected chi connectivity index (χ4v) is 2.64. The Bertz CT molecular complexity index is 802. The van der Waals surface area contributed by atoms with Crippen LogP contribution in [0.1, 0.15) is 15.9 Å². The first-order chi connectivity index (χ1) is 10.2. The van der Waals surface area contributed by atoms with Gasteiger partial charge in [0.05, 0.1) is 17.0 Å². The van der Waals surface area contributed by atoms with Crippen molar-refractivity contribution >= 4 is 38.9 Å². The van der Waals surface area contributed by atoms with E-state index >= 15 is 0 Å². The van der Waals surface area contributed by atoms with E-state index in [-0.39, 0.29) is 16.6 Å². The number of sulfonamides is 1. The molecule has 0 heterocycles. The van der Waals surface area contributed by atoms with Gasteiger partial charge in [0.25, 0.3) is 5.91 Å². The molecule has 116 valence electrons. The second-order valence-corrected chi connectivity index (χ2v) is 7.04. The molecule has 0 aliphatic carbocycles. The number of carbonyl (C=O) groups is 1. The monoisotopic (exact) mass is 338 g/mol. The number of hydrogen-bond acceptors (Lipinski definition) is 3. The Balaban J connectivity index is 2.17. The van der Waals surface area contributed by atoms with Crippen molar-refractivity contribution in [3.63, 3.8) is 0 Å². The molecule has 2 N–H and O–H groups in total. The predicted molar refractivity (Wildman–Crippen MR) is 89.1 cm³/mol. The number of carbonyl (C=O) groups excluding carboxylic acids is 1. The summed E-state index contributed by atoms with van der Waals surface area (Å²) < 4.78 is 24.7. The summed E-state index contributed by atoms with van der Waals surface area (Å²) in [4.78, 5) is 12.1. The molecule has 0 aromatic heterocycles. The van der Waals surface area contributed by atoms with E-state index in [4.69, 9.17) is 11.6 Å². The fourth-order valence-electron chi connectivity index (χ4n) is 1.78. The first-order valence-corrected chi connectivity index (χ1v) is 8.67. The van der Waals surface area contributed by atoms with E-state index in [0.29, 0.717) is 11.3 Å². The van der Waals surface area contributed by atoms with Crippen molar-refractivity contribution < 1.29 is 13.2 Å². The van der Waals surface area contributed by atoms with Crippen LogP contribution >= 0.6 is 11.6 Å². The lowest BCUT2D eigenvalue weighted by atomic mass is 10.2. The van der Waals surface area contributed by atoms with Crippen molar-refractivity contribution in [2.45, 2.75) is 6.92 Å². The smallest absolute Gasteiger partial charge is 0.255 e. The van der Waals surface area contributed by atoms with Crippen LogP contribution in [0.15, 0.2) is 42.5 Å². The van der Waals surface area contributed by atoms with E-state index in [0.717, 1.165) is 11.8 Å². The van der Waals surface area contributed by atoms with Gasteiger partial charge in [0.15, 0.2) is 0 Å². The number of hydrogen-bond donors (Lipinski definition) is 2. The van der Waals surface area contributed by atoms with Gasteiger partial charge in [-0.15, -0.1) is 0 Å². The summed E-state index contributed by atoms with van der Waals surface area (Å²) in [6.45, 7) is 1.96. The number of amides is 1. The van der Waals surface area contributed by atoms with E-state index < -0.39 is 10.0 Å². The molecule has 0 spiro atoms. The lowest BCUT2D eigenvalue weighted by Gasteiger charge is -2.09. The van der Waals surface area contributed by atoms with Crippen molar-refractivity contribution in [1.82, 2.24) is 0 Å². The number of benzene rings is 2. The zero-order valence-electron chi connectivity index (χ0n) is 12.1. The fraction of sp³-hybridized carbons (Fsp3) is 0.133. The summed E-state index contributed by atoms with van der Waals surface area (Å²) >= 11 is 6.00. The maximum atomic E-state index is 12.1. The maximum absolute atomic E-state index is 12.1. The predicted octanol–water partition coefficient (Wildman–Crippen LogP) is 3.27. The Morgan fingerprint density at radius 3 is 2.27 bits per heavy atom. The first kappa shape index (κ1) is 16.3. The van der Waals surface area contributed by atoms with E-state index in [2.05, 4.69) is 10.0 Å². The molecule has 0 fully saturated rings. The van der Waals surface area contributed by atoms with Crippen LogP contribution in [0.4, 0.5) is 11.4 Å². The average molecular weight is 339 g/mol. The van der Waals surface area contributed by atoms with Crippen molar-refractivity contribution in [2.75, 3.05) is 16.3 Å². The van der Waals surface area contributed by atoms with Gasteiger partial charge in [-0.1, -0.05) is 29.3 Å². The van der Waals surface area contributed by atoms with Gasteiger partial charge in [-0.2, -0.15) is 0 Å². The molecule has 0 unspecified atom stereocenters. The maximum Gasteiger partial charge on any atom is 0.255 e. The minimum atomic E-state index is -3.42. The largest absolute Gasteiger partial charge is 0.322 e. The van der Waals surface area contributed by atoms with Gasteiger partial charge in [0.1, 0.15) is 0 Å². The van der Waals surface area contributed by atoms with E-state index in [1.165, 1.54) is 18.2 Å². The molecular formula is C15H15ClN2O3S. The summed E-state index contributed by atoms with van der Waals surface area (Å²) in [6, 6.07) is 11.8. The third kappa shape index (κ3) is 4.47. The third-order valence-electron chi connectivity index (χ3n) is 2.84. The minimum Gasteiger partial charge on any atom is -0.322 e. The van der Waals surface area contributed by atoms with Crippen LogP contribution in [-0.4, -0.2) is 20.6 Å². The minimum absolute atomic E-state index is 0.155. The summed E-state index contributed by atoms with van der Waals surface area (Å²) in [5, 5.41) is 2.90. The highest BCUT2D eigenvalue weighted by Crippen LogP contribution is 2.24. The van der Waals surface area contributed by atoms with Gasteiger partial charge in [0.2, 0.25) is 10.0 Å². The Hall–Kier alpha value is -2.05. The molecule has 2 aromatic rings. The van der Waals surface area contributed by atoms with Gasteiger partial charge < -0.3 is 5.32 Å². The zero-order chi connectivity index (χ0) is 16.3. The van der Waals surface area contributed by atoms with E-state index in [1.807, 2.05) is 19.1 Å². The number of anilines is 2. The number of halogens is 1. The van der Waals surface area contributed by atoms with E-state index in [9.17, 15) is 13.2 Å². The van der Waals surface area contributed by atoms with Crippen LogP contribution in [0, 0.1) is 6.92 Å². The zero-order valence-corrected chi connectivity index (χ0v) is 13.6. The number of rotatable bonds is 4. The van der Waals surface area contributed by atoms with Crippen LogP contribution < -0.4 is 10.0 Å². The lowest BCUT2D eigenvalue weighted by molar-refractivity contribution is 0.102. The molecule has 1 amide bonds. The van der Waals surface area contributed by atoms with Crippen LogP contribution in [0.5, 0.6) is 0 Å². The van der Waals surface area contributed by atoms with Crippen molar-refractivity contribution in [3.8, 4) is 0 Å². The quantitative estimate of drug-likeness (QED) is 0.898. The van der Waals surface area contributed by atoms with Gasteiger partial charge in [-0.05, 0) is 37.3 Å². The van der Waals surface area contributed by atoms with Crippen LogP contribution in [0.3, 0.4) is 0 Å². The topological polar surface area (TPSA) is 75.3 Å². The Labute approximate surface area is 134 Å². The highest BCUT2D eigenvalue weighted by atomic mass is 35.5. The summed E-state index contributed by atoms with van der Waals surface area (Å²) in [5.74, 6) is -0.323. The van der Waals surface area contributed by atoms with Gasteiger partial charge in [-0.3, -0.25) is 9.52 Å². The molecule has 0 aliphatic heterocycles. The second kappa shape index (κ2) is 6.37. The molecule has 2 aromatic carbocycles. The summed E-state index contributed by atoms with van der Waals surface area (Å²) in [6.07, 6.45) is 1.03. The molecule has 0 radical (unpaired) electrons. The molecular weight excluding hydrogens is 324 g/mol. The van der Waals surface area contributed by atoms with Crippen LogP contribution in [0.2, 0.25) is 5.02 Å². The molecule has 0 saturated heterocycles. The van der Waals surface area contributed by atoms with Gasteiger partial charge in [0, 0.05) is 11.3 Å². The number of nitrogens with one attached hydrogen (secondary N) is 2. The molecule has 0 atom stereocenters. The Morgan fingerprint density at radius 2 is 1.73 bits per heavy atom. The van der Waals surface area contributed by atoms with Crippen LogP contribution in [0.25, 0.3) is 0 Å². The molecule has 5 nitrogen and oxygen atoms in total. The standard InChI is InChI=1S/C15H15ClN2O3S/c1-10-3-6-12(7-4-10)17-15(19)11-5-8-14(13(16)9-11)18-22(2,20)21/h3-9,18H,1-2H3,(H,17,19). The molecule has 0 aliphatic rings. The van der Waals surface area contributed by atoms with Gasteiger partial charge >= 0.3 is 0 Å². The Kier molecular flexibility index (Phi) is 4.73. The highest BCUT2D eigenvalue weighted by Gasteiger charge is 2.11. The summed E-state index contributed by atoms with van der Waals surface area (Å²) in [7, 11) is -3.42.